The molecule has 0 fully saturated rings. The Morgan fingerprint density at radius 1 is 1.56 bits per heavy atom. The third-order valence-electron chi connectivity index (χ3n) is 2.73. The van der Waals surface area contributed by atoms with Crippen LogP contribution in [0.25, 0.3) is 0 Å². The minimum atomic E-state index is 0.116. The van der Waals surface area contributed by atoms with E-state index in [1.165, 1.54) is 0 Å². The van der Waals surface area contributed by atoms with Crippen molar-refractivity contribution in [3.63, 3.8) is 0 Å². The van der Waals surface area contributed by atoms with E-state index in [4.69, 9.17) is 10.8 Å². The zero-order valence-corrected chi connectivity index (χ0v) is 9.76. The summed E-state index contributed by atoms with van der Waals surface area (Å²) in [6.45, 7) is 2.84. The molecule has 1 aromatic rings. The van der Waals surface area contributed by atoms with Gasteiger partial charge in [-0.2, -0.15) is 0 Å². The summed E-state index contributed by atoms with van der Waals surface area (Å²) >= 11 is 0. The van der Waals surface area contributed by atoms with E-state index in [-0.39, 0.29) is 12.6 Å². The second-order valence-corrected chi connectivity index (χ2v) is 3.86. The summed E-state index contributed by atoms with van der Waals surface area (Å²) in [7, 11) is 0. The number of hydrogen-bond acceptors (Lipinski definition) is 4. The molecule has 1 aromatic heterocycles. The highest BCUT2D eigenvalue weighted by molar-refractivity contribution is 5.14. The van der Waals surface area contributed by atoms with E-state index in [9.17, 15) is 0 Å². The summed E-state index contributed by atoms with van der Waals surface area (Å²) in [5, 5.41) is 12.4. The number of aliphatic hydroxyl groups excluding tert-OH is 1. The van der Waals surface area contributed by atoms with Crippen LogP contribution in [0.1, 0.15) is 31.4 Å². The van der Waals surface area contributed by atoms with E-state index in [0.717, 1.165) is 18.4 Å². The molecule has 16 heavy (non-hydrogen) atoms. The predicted octanol–water partition coefficient (Wildman–Crippen LogP) is 0.832. The van der Waals surface area contributed by atoms with Crippen LogP contribution in [-0.4, -0.2) is 29.3 Å². The molecule has 0 amide bonds. The average Bonchev–Trinajstić information content (AvgIpc) is 2.35. The molecule has 0 aliphatic carbocycles. The average molecular weight is 223 g/mol. The molecule has 0 aliphatic rings. The molecule has 0 spiro atoms. The second-order valence-electron chi connectivity index (χ2n) is 3.86. The van der Waals surface area contributed by atoms with Crippen molar-refractivity contribution in [3.8, 4) is 0 Å². The summed E-state index contributed by atoms with van der Waals surface area (Å²) in [6, 6.07) is 4.35. The van der Waals surface area contributed by atoms with E-state index in [1.54, 1.807) is 6.20 Å². The first kappa shape index (κ1) is 13.1. The zero-order chi connectivity index (χ0) is 11.8. The van der Waals surface area contributed by atoms with Crippen molar-refractivity contribution in [1.82, 2.24) is 10.3 Å². The maximum atomic E-state index is 8.94. The maximum Gasteiger partial charge on any atom is 0.0462 e. The van der Waals surface area contributed by atoms with Gasteiger partial charge in [0.15, 0.2) is 0 Å². The van der Waals surface area contributed by atoms with Crippen LogP contribution in [0.4, 0.5) is 0 Å². The first-order valence-corrected chi connectivity index (χ1v) is 5.78. The van der Waals surface area contributed by atoms with Crippen LogP contribution in [-0.2, 0) is 0 Å². The third-order valence-corrected chi connectivity index (χ3v) is 2.73. The molecule has 4 nitrogen and oxygen atoms in total. The molecular formula is C12H21N3O. The van der Waals surface area contributed by atoms with Crippen molar-refractivity contribution < 1.29 is 5.11 Å². The summed E-state index contributed by atoms with van der Waals surface area (Å²) in [5.41, 5.74) is 6.85. The van der Waals surface area contributed by atoms with Gasteiger partial charge in [-0.1, -0.05) is 13.0 Å². The third kappa shape index (κ3) is 3.89. The number of nitrogens with one attached hydrogen (secondary N) is 1. The van der Waals surface area contributed by atoms with Gasteiger partial charge in [-0.15, -0.1) is 0 Å². The minimum Gasteiger partial charge on any atom is -0.396 e. The van der Waals surface area contributed by atoms with Gasteiger partial charge in [0.25, 0.3) is 0 Å². The Morgan fingerprint density at radius 2 is 2.38 bits per heavy atom. The highest BCUT2D eigenvalue weighted by Crippen LogP contribution is 2.12. The fraction of sp³-hybridized carbons (Fsp3) is 0.583. The Hall–Kier alpha value is -0.970. The van der Waals surface area contributed by atoms with Gasteiger partial charge in [0.1, 0.15) is 0 Å². The van der Waals surface area contributed by atoms with Crippen molar-refractivity contribution in [3.05, 3.63) is 30.1 Å². The van der Waals surface area contributed by atoms with Crippen LogP contribution < -0.4 is 11.1 Å². The number of aliphatic hydroxyl groups is 1. The zero-order valence-electron chi connectivity index (χ0n) is 9.76. The standard InChI is InChI=1S/C12H21N3O/c1-2-11(5-7-16)15-12(8-13)10-4-3-6-14-9-10/h3-4,6,9,11-12,15-16H,2,5,7-8,13H2,1H3. The molecule has 0 saturated heterocycles. The molecule has 4 N–H and O–H groups in total. The van der Waals surface area contributed by atoms with Crippen molar-refractivity contribution in [2.45, 2.75) is 31.8 Å². The van der Waals surface area contributed by atoms with E-state index >= 15 is 0 Å². The molecule has 0 aliphatic heterocycles. The van der Waals surface area contributed by atoms with Crippen LogP contribution in [0.3, 0.4) is 0 Å². The van der Waals surface area contributed by atoms with Gasteiger partial charge in [0.05, 0.1) is 0 Å². The van der Waals surface area contributed by atoms with E-state index < -0.39 is 0 Å². The first-order valence-electron chi connectivity index (χ1n) is 5.78. The monoisotopic (exact) mass is 223 g/mol. The van der Waals surface area contributed by atoms with E-state index in [1.807, 2.05) is 18.3 Å². The number of nitrogens with two attached hydrogens (primary N) is 1. The quantitative estimate of drug-likeness (QED) is 0.640. The van der Waals surface area contributed by atoms with Crippen molar-refractivity contribution >= 4 is 0 Å². The van der Waals surface area contributed by atoms with Gasteiger partial charge in [0.2, 0.25) is 0 Å². The molecule has 2 atom stereocenters. The number of hydrogen-bond donors (Lipinski definition) is 3. The van der Waals surface area contributed by atoms with Crippen LogP contribution in [0.15, 0.2) is 24.5 Å². The summed E-state index contributed by atoms with van der Waals surface area (Å²) < 4.78 is 0. The molecular weight excluding hydrogens is 202 g/mol. The molecule has 0 radical (unpaired) electrons. The van der Waals surface area contributed by atoms with Gasteiger partial charge in [-0.3, -0.25) is 4.98 Å². The largest absolute Gasteiger partial charge is 0.396 e. The molecule has 2 unspecified atom stereocenters. The van der Waals surface area contributed by atoms with Crippen LogP contribution in [0.5, 0.6) is 0 Å². The fourth-order valence-electron chi connectivity index (χ4n) is 1.73. The first-order chi connectivity index (χ1) is 7.81. The lowest BCUT2D eigenvalue weighted by Gasteiger charge is -2.23. The lowest BCUT2D eigenvalue weighted by atomic mass is 10.1. The van der Waals surface area contributed by atoms with Gasteiger partial charge in [0, 0.05) is 37.6 Å². The number of rotatable bonds is 7. The Morgan fingerprint density at radius 3 is 2.88 bits per heavy atom. The smallest absolute Gasteiger partial charge is 0.0462 e. The molecule has 1 heterocycles. The van der Waals surface area contributed by atoms with Gasteiger partial charge < -0.3 is 16.2 Å². The highest BCUT2D eigenvalue weighted by atomic mass is 16.3. The number of pyridine rings is 1. The second kappa shape index (κ2) is 7.33. The summed E-state index contributed by atoms with van der Waals surface area (Å²) in [4.78, 5) is 4.09. The van der Waals surface area contributed by atoms with E-state index in [2.05, 4.69) is 17.2 Å². The van der Waals surface area contributed by atoms with Crippen LogP contribution in [0, 0.1) is 0 Å². The van der Waals surface area contributed by atoms with Crippen LogP contribution in [0.2, 0.25) is 0 Å². The maximum absolute atomic E-state index is 8.94. The number of nitrogens with zero attached hydrogens (tertiary/aromatic N) is 1. The molecule has 90 valence electrons. The Kier molecular flexibility index (Phi) is 6.00. The van der Waals surface area contributed by atoms with Gasteiger partial charge in [-0.25, -0.2) is 0 Å². The molecule has 4 heteroatoms. The SMILES string of the molecule is CCC(CCO)NC(CN)c1cccnc1. The normalized spacial score (nSPS) is 14.7. The Labute approximate surface area is 96.9 Å². The van der Waals surface area contributed by atoms with Crippen molar-refractivity contribution in [2.24, 2.45) is 5.73 Å². The van der Waals surface area contributed by atoms with Gasteiger partial charge in [-0.05, 0) is 24.5 Å². The lowest BCUT2D eigenvalue weighted by Crippen LogP contribution is -2.37. The summed E-state index contributed by atoms with van der Waals surface area (Å²) in [5.74, 6) is 0. The topological polar surface area (TPSA) is 71.2 Å². The van der Waals surface area contributed by atoms with E-state index in [0.29, 0.717) is 12.6 Å². The number of aromatic nitrogens is 1. The minimum absolute atomic E-state index is 0.116. The lowest BCUT2D eigenvalue weighted by molar-refractivity contribution is 0.255. The highest BCUT2D eigenvalue weighted by Gasteiger charge is 2.14. The molecule has 0 aromatic carbocycles. The van der Waals surface area contributed by atoms with Crippen molar-refractivity contribution in [1.29, 1.82) is 0 Å². The predicted molar refractivity (Wildman–Crippen MR) is 64.9 cm³/mol. The summed E-state index contributed by atoms with van der Waals surface area (Å²) in [6.07, 6.45) is 5.32. The Bertz CT molecular complexity index is 279. The molecule has 0 saturated carbocycles. The fourth-order valence-corrected chi connectivity index (χ4v) is 1.73. The molecule has 1 rings (SSSR count). The van der Waals surface area contributed by atoms with Gasteiger partial charge >= 0.3 is 0 Å². The van der Waals surface area contributed by atoms with Crippen LogP contribution >= 0.6 is 0 Å². The Balaban J connectivity index is 2.61. The van der Waals surface area contributed by atoms with Crippen molar-refractivity contribution in [2.75, 3.05) is 13.2 Å². The molecule has 0 bridgehead atoms.